The van der Waals surface area contributed by atoms with E-state index in [-0.39, 0.29) is 5.60 Å². The van der Waals surface area contributed by atoms with E-state index in [1.165, 1.54) is 5.56 Å². The van der Waals surface area contributed by atoms with Crippen LogP contribution in [0.25, 0.3) is 0 Å². The van der Waals surface area contributed by atoms with Crippen molar-refractivity contribution in [2.45, 2.75) is 45.9 Å². The SMILES string of the molecule is CCCn1cc(CNCC(C)(C)OC)cn1. The lowest BCUT2D eigenvalue weighted by atomic mass is 10.1. The molecule has 0 aromatic carbocycles. The Hall–Kier alpha value is -0.870. The first-order valence-corrected chi connectivity index (χ1v) is 5.84. The zero-order chi connectivity index (χ0) is 12.0. The van der Waals surface area contributed by atoms with Crippen molar-refractivity contribution >= 4 is 0 Å². The number of aryl methyl sites for hydroxylation is 1. The molecule has 0 aliphatic rings. The minimum atomic E-state index is -0.112. The molecule has 1 heterocycles. The quantitative estimate of drug-likeness (QED) is 0.769. The smallest absolute Gasteiger partial charge is 0.0746 e. The van der Waals surface area contributed by atoms with Crippen molar-refractivity contribution in [1.29, 1.82) is 0 Å². The molecule has 0 unspecified atom stereocenters. The lowest BCUT2D eigenvalue weighted by Gasteiger charge is -2.22. The van der Waals surface area contributed by atoms with Gasteiger partial charge >= 0.3 is 0 Å². The zero-order valence-corrected chi connectivity index (χ0v) is 10.8. The molecule has 0 amide bonds. The summed E-state index contributed by atoms with van der Waals surface area (Å²) in [5.74, 6) is 0. The Morgan fingerprint density at radius 1 is 1.50 bits per heavy atom. The molecule has 0 fully saturated rings. The maximum absolute atomic E-state index is 5.34. The highest BCUT2D eigenvalue weighted by Gasteiger charge is 2.15. The lowest BCUT2D eigenvalue weighted by Crippen LogP contribution is -2.36. The molecule has 92 valence electrons. The Bertz CT molecular complexity index is 307. The van der Waals surface area contributed by atoms with Gasteiger partial charge in [0.2, 0.25) is 0 Å². The standard InChI is InChI=1S/C12H23N3O/c1-5-6-15-9-11(8-14-15)7-13-10-12(2,3)16-4/h8-9,13H,5-7,10H2,1-4H3. The van der Waals surface area contributed by atoms with Gasteiger partial charge in [-0.15, -0.1) is 0 Å². The Labute approximate surface area is 98.0 Å². The van der Waals surface area contributed by atoms with E-state index in [2.05, 4.69) is 37.4 Å². The number of nitrogens with one attached hydrogen (secondary N) is 1. The molecule has 0 bridgehead atoms. The van der Waals surface area contributed by atoms with Crippen LogP contribution in [0.4, 0.5) is 0 Å². The molecule has 0 aliphatic carbocycles. The number of hydrogen-bond acceptors (Lipinski definition) is 3. The zero-order valence-electron chi connectivity index (χ0n) is 10.8. The van der Waals surface area contributed by atoms with E-state index < -0.39 is 0 Å². The predicted molar refractivity (Wildman–Crippen MR) is 65.3 cm³/mol. The minimum Gasteiger partial charge on any atom is -0.377 e. The topological polar surface area (TPSA) is 39.1 Å². The predicted octanol–water partition coefficient (Wildman–Crippen LogP) is 1.81. The van der Waals surface area contributed by atoms with Gasteiger partial charge in [0.1, 0.15) is 0 Å². The molecule has 4 nitrogen and oxygen atoms in total. The Balaban J connectivity index is 2.31. The van der Waals surface area contributed by atoms with E-state index in [1.807, 2.05) is 10.9 Å². The summed E-state index contributed by atoms with van der Waals surface area (Å²) in [6.45, 7) is 8.96. The van der Waals surface area contributed by atoms with Gasteiger partial charge in [0, 0.05) is 38.5 Å². The fourth-order valence-electron chi connectivity index (χ4n) is 1.43. The molecular weight excluding hydrogens is 202 g/mol. The van der Waals surface area contributed by atoms with Crippen molar-refractivity contribution in [2.24, 2.45) is 0 Å². The highest BCUT2D eigenvalue weighted by atomic mass is 16.5. The normalized spacial score (nSPS) is 12.0. The summed E-state index contributed by atoms with van der Waals surface area (Å²) < 4.78 is 7.32. The first-order valence-electron chi connectivity index (χ1n) is 5.84. The van der Waals surface area contributed by atoms with Crippen LogP contribution < -0.4 is 5.32 Å². The second-order valence-corrected chi connectivity index (χ2v) is 4.68. The molecule has 16 heavy (non-hydrogen) atoms. The fraction of sp³-hybridized carbons (Fsp3) is 0.750. The molecule has 1 aromatic rings. The first-order chi connectivity index (χ1) is 7.57. The summed E-state index contributed by atoms with van der Waals surface area (Å²) >= 11 is 0. The third kappa shape index (κ3) is 4.33. The van der Waals surface area contributed by atoms with Gasteiger partial charge in [-0.25, -0.2) is 0 Å². The second-order valence-electron chi connectivity index (χ2n) is 4.68. The number of nitrogens with zero attached hydrogens (tertiary/aromatic N) is 2. The van der Waals surface area contributed by atoms with Crippen LogP contribution in [-0.4, -0.2) is 29.0 Å². The van der Waals surface area contributed by atoms with Crippen LogP contribution in [0, 0.1) is 0 Å². The van der Waals surface area contributed by atoms with Crippen LogP contribution in [0.15, 0.2) is 12.4 Å². The maximum atomic E-state index is 5.34. The van der Waals surface area contributed by atoms with Gasteiger partial charge in [-0.2, -0.15) is 5.10 Å². The maximum Gasteiger partial charge on any atom is 0.0746 e. The largest absolute Gasteiger partial charge is 0.377 e. The van der Waals surface area contributed by atoms with Crippen LogP contribution >= 0.6 is 0 Å². The number of ether oxygens (including phenoxy) is 1. The number of hydrogen-bond donors (Lipinski definition) is 1. The summed E-state index contributed by atoms with van der Waals surface area (Å²) in [6.07, 6.45) is 5.13. The number of rotatable bonds is 7. The molecule has 1 rings (SSSR count). The third-order valence-corrected chi connectivity index (χ3v) is 2.57. The summed E-state index contributed by atoms with van der Waals surface area (Å²) in [5, 5.41) is 7.66. The number of methoxy groups -OCH3 is 1. The van der Waals surface area contributed by atoms with E-state index in [1.54, 1.807) is 7.11 Å². The molecule has 1 N–H and O–H groups in total. The van der Waals surface area contributed by atoms with E-state index in [9.17, 15) is 0 Å². The van der Waals surface area contributed by atoms with E-state index in [0.29, 0.717) is 0 Å². The summed E-state index contributed by atoms with van der Waals surface area (Å²) in [7, 11) is 1.74. The van der Waals surface area contributed by atoms with Crippen molar-refractivity contribution in [1.82, 2.24) is 15.1 Å². The minimum absolute atomic E-state index is 0.112. The van der Waals surface area contributed by atoms with Gasteiger partial charge in [-0.3, -0.25) is 4.68 Å². The van der Waals surface area contributed by atoms with Crippen LogP contribution in [0.1, 0.15) is 32.8 Å². The fourth-order valence-corrected chi connectivity index (χ4v) is 1.43. The molecule has 0 atom stereocenters. The average molecular weight is 225 g/mol. The van der Waals surface area contributed by atoms with E-state index in [0.717, 1.165) is 26.1 Å². The lowest BCUT2D eigenvalue weighted by molar-refractivity contribution is 0.0230. The Morgan fingerprint density at radius 2 is 2.25 bits per heavy atom. The van der Waals surface area contributed by atoms with Crippen LogP contribution in [0.5, 0.6) is 0 Å². The monoisotopic (exact) mass is 225 g/mol. The highest BCUT2D eigenvalue weighted by molar-refractivity contribution is 5.03. The van der Waals surface area contributed by atoms with Gasteiger partial charge in [0.25, 0.3) is 0 Å². The first kappa shape index (κ1) is 13.2. The average Bonchev–Trinajstić information content (AvgIpc) is 2.66. The summed E-state index contributed by atoms with van der Waals surface area (Å²) in [6, 6.07) is 0. The van der Waals surface area contributed by atoms with Gasteiger partial charge in [-0.05, 0) is 20.3 Å². The van der Waals surface area contributed by atoms with Crippen molar-refractivity contribution in [3.8, 4) is 0 Å². The molecule has 0 saturated heterocycles. The molecule has 0 aliphatic heterocycles. The molecular formula is C12H23N3O. The number of aromatic nitrogens is 2. The highest BCUT2D eigenvalue weighted by Crippen LogP contribution is 2.05. The molecule has 0 saturated carbocycles. The van der Waals surface area contributed by atoms with Gasteiger partial charge in [-0.1, -0.05) is 6.92 Å². The molecule has 0 spiro atoms. The molecule has 4 heteroatoms. The van der Waals surface area contributed by atoms with Crippen molar-refractivity contribution in [3.05, 3.63) is 18.0 Å². The summed E-state index contributed by atoms with van der Waals surface area (Å²) in [4.78, 5) is 0. The van der Waals surface area contributed by atoms with Crippen molar-refractivity contribution < 1.29 is 4.74 Å². The molecule has 0 radical (unpaired) electrons. The van der Waals surface area contributed by atoms with Crippen LogP contribution in [0.3, 0.4) is 0 Å². The van der Waals surface area contributed by atoms with Gasteiger partial charge in [0.05, 0.1) is 11.8 Å². The van der Waals surface area contributed by atoms with Gasteiger partial charge < -0.3 is 10.1 Å². The summed E-state index contributed by atoms with van der Waals surface area (Å²) in [5.41, 5.74) is 1.11. The van der Waals surface area contributed by atoms with Crippen molar-refractivity contribution in [3.63, 3.8) is 0 Å². The van der Waals surface area contributed by atoms with Crippen LogP contribution in [-0.2, 0) is 17.8 Å². The second kappa shape index (κ2) is 6.01. The van der Waals surface area contributed by atoms with E-state index >= 15 is 0 Å². The van der Waals surface area contributed by atoms with Crippen molar-refractivity contribution in [2.75, 3.05) is 13.7 Å². The Morgan fingerprint density at radius 3 is 2.88 bits per heavy atom. The van der Waals surface area contributed by atoms with E-state index in [4.69, 9.17) is 4.74 Å². The Kier molecular flexibility index (Phi) is 4.96. The third-order valence-electron chi connectivity index (χ3n) is 2.57. The van der Waals surface area contributed by atoms with Gasteiger partial charge in [0.15, 0.2) is 0 Å². The molecule has 1 aromatic heterocycles. The van der Waals surface area contributed by atoms with Crippen LogP contribution in [0.2, 0.25) is 0 Å².